The number of aliphatic hydroxyl groups excluding tert-OH is 1. The Morgan fingerprint density at radius 3 is 2.50 bits per heavy atom. The quantitative estimate of drug-likeness (QED) is 0.867. The van der Waals surface area contributed by atoms with Crippen LogP contribution >= 0.6 is 23.2 Å². The van der Waals surface area contributed by atoms with Gasteiger partial charge in [-0.05, 0) is 43.7 Å². The van der Waals surface area contributed by atoms with Crippen molar-refractivity contribution in [1.29, 1.82) is 0 Å². The van der Waals surface area contributed by atoms with Crippen LogP contribution in [0, 0.1) is 6.92 Å². The van der Waals surface area contributed by atoms with Crippen LogP contribution in [0.1, 0.15) is 29.7 Å². The van der Waals surface area contributed by atoms with Crippen molar-refractivity contribution in [1.82, 2.24) is 0 Å². The maximum absolute atomic E-state index is 9.79. The summed E-state index contributed by atoms with van der Waals surface area (Å²) in [5.41, 5.74) is 2.80. The Labute approximate surface area is 128 Å². The van der Waals surface area contributed by atoms with Gasteiger partial charge in [-0.25, -0.2) is 0 Å². The lowest BCUT2D eigenvalue weighted by Crippen LogP contribution is -2.01. The molecule has 0 bridgehead atoms. The highest BCUT2D eigenvalue weighted by molar-refractivity contribution is 6.42. The van der Waals surface area contributed by atoms with Gasteiger partial charge in [0.1, 0.15) is 12.4 Å². The molecule has 0 heterocycles. The summed E-state index contributed by atoms with van der Waals surface area (Å²) in [5.74, 6) is 0.677. The van der Waals surface area contributed by atoms with Crippen molar-refractivity contribution in [3.63, 3.8) is 0 Å². The molecule has 2 rings (SSSR count). The summed E-state index contributed by atoms with van der Waals surface area (Å²) in [7, 11) is 0. The molecule has 0 aliphatic heterocycles. The normalized spacial score (nSPS) is 12.2. The second kappa shape index (κ2) is 6.49. The number of aliphatic hydroxyl groups is 1. The fourth-order valence-electron chi connectivity index (χ4n) is 1.92. The summed E-state index contributed by atoms with van der Waals surface area (Å²) in [6.45, 7) is 4.08. The van der Waals surface area contributed by atoms with Crippen molar-refractivity contribution in [2.45, 2.75) is 26.6 Å². The van der Waals surface area contributed by atoms with E-state index in [0.717, 1.165) is 16.7 Å². The molecule has 106 valence electrons. The van der Waals surface area contributed by atoms with Gasteiger partial charge in [-0.15, -0.1) is 0 Å². The Bertz CT molecular complexity index is 609. The van der Waals surface area contributed by atoms with Gasteiger partial charge in [-0.2, -0.15) is 0 Å². The zero-order chi connectivity index (χ0) is 14.7. The lowest BCUT2D eigenvalue weighted by molar-refractivity contribution is 0.190. The molecule has 20 heavy (non-hydrogen) atoms. The van der Waals surface area contributed by atoms with Gasteiger partial charge in [0.2, 0.25) is 0 Å². The van der Waals surface area contributed by atoms with E-state index in [0.29, 0.717) is 22.4 Å². The van der Waals surface area contributed by atoms with Crippen LogP contribution in [0.2, 0.25) is 10.0 Å². The average molecular weight is 311 g/mol. The first kappa shape index (κ1) is 15.2. The second-order valence-electron chi connectivity index (χ2n) is 4.75. The summed E-state index contributed by atoms with van der Waals surface area (Å²) in [6, 6.07) is 11.1. The van der Waals surface area contributed by atoms with E-state index in [-0.39, 0.29) is 0 Å². The SMILES string of the molecule is Cc1ccc(OCc2ccc(Cl)c(Cl)c2)c(C(C)O)c1. The Morgan fingerprint density at radius 1 is 1.10 bits per heavy atom. The van der Waals surface area contributed by atoms with Crippen molar-refractivity contribution < 1.29 is 9.84 Å². The molecule has 2 aromatic rings. The highest BCUT2D eigenvalue weighted by Crippen LogP contribution is 2.28. The van der Waals surface area contributed by atoms with E-state index in [9.17, 15) is 5.11 Å². The number of rotatable bonds is 4. The van der Waals surface area contributed by atoms with E-state index in [1.165, 1.54) is 0 Å². The Hall–Kier alpha value is -1.22. The summed E-state index contributed by atoms with van der Waals surface area (Å²) < 4.78 is 5.77. The molecule has 0 spiro atoms. The van der Waals surface area contributed by atoms with Crippen LogP contribution in [0.4, 0.5) is 0 Å². The molecule has 4 heteroatoms. The highest BCUT2D eigenvalue weighted by Gasteiger charge is 2.10. The van der Waals surface area contributed by atoms with Gasteiger partial charge in [0.25, 0.3) is 0 Å². The Morgan fingerprint density at radius 2 is 1.85 bits per heavy atom. The number of aryl methyl sites for hydroxylation is 1. The highest BCUT2D eigenvalue weighted by atomic mass is 35.5. The van der Waals surface area contributed by atoms with Crippen LogP contribution in [-0.2, 0) is 6.61 Å². The predicted octanol–water partition coefficient (Wildman–Crippen LogP) is 4.93. The van der Waals surface area contributed by atoms with E-state index in [1.807, 2.05) is 31.2 Å². The van der Waals surface area contributed by atoms with Crippen molar-refractivity contribution >= 4 is 23.2 Å². The molecule has 0 saturated heterocycles. The smallest absolute Gasteiger partial charge is 0.125 e. The monoisotopic (exact) mass is 310 g/mol. The molecule has 0 saturated carbocycles. The minimum Gasteiger partial charge on any atom is -0.489 e. The summed E-state index contributed by atoms with van der Waals surface area (Å²) in [6.07, 6.45) is -0.571. The van der Waals surface area contributed by atoms with Crippen LogP contribution in [0.25, 0.3) is 0 Å². The molecule has 0 aliphatic rings. The second-order valence-corrected chi connectivity index (χ2v) is 5.57. The third-order valence-electron chi connectivity index (χ3n) is 2.99. The first-order chi connectivity index (χ1) is 9.47. The molecule has 1 atom stereocenters. The van der Waals surface area contributed by atoms with Crippen LogP contribution < -0.4 is 4.74 Å². The third-order valence-corrected chi connectivity index (χ3v) is 3.73. The van der Waals surface area contributed by atoms with Gasteiger partial charge < -0.3 is 9.84 Å². The molecule has 1 N–H and O–H groups in total. The average Bonchev–Trinajstić information content (AvgIpc) is 2.41. The Balaban J connectivity index is 2.16. The summed E-state index contributed by atoms with van der Waals surface area (Å²) in [5, 5.41) is 10.8. The van der Waals surface area contributed by atoms with Gasteiger partial charge in [0.05, 0.1) is 16.1 Å². The van der Waals surface area contributed by atoms with Gasteiger partial charge in [-0.3, -0.25) is 0 Å². The van der Waals surface area contributed by atoms with Crippen molar-refractivity contribution in [2.24, 2.45) is 0 Å². The molecule has 0 radical (unpaired) electrons. The topological polar surface area (TPSA) is 29.5 Å². The first-order valence-corrected chi connectivity index (χ1v) is 7.08. The Kier molecular flexibility index (Phi) is 4.92. The van der Waals surface area contributed by atoms with Crippen LogP contribution in [-0.4, -0.2) is 5.11 Å². The minimum atomic E-state index is -0.571. The fraction of sp³-hybridized carbons (Fsp3) is 0.250. The van der Waals surface area contributed by atoms with E-state index in [1.54, 1.807) is 19.1 Å². The molecular weight excluding hydrogens is 295 g/mol. The van der Waals surface area contributed by atoms with Gasteiger partial charge in [-0.1, -0.05) is 40.9 Å². The zero-order valence-corrected chi connectivity index (χ0v) is 12.9. The number of ether oxygens (including phenoxy) is 1. The summed E-state index contributed by atoms with van der Waals surface area (Å²) in [4.78, 5) is 0. The summed E-state index contributed by atoms with van der Waals surface area (Å²) >= 11 is 11.8. The van der Waals surface area contributed by atoms with E-state index in [2.05, 4.69) is 0 Å². The third kappa shape index (κ3) is 3.66. The van der Waals surface area contributed by atoms with E-state index >= 15 is 0 Å². The molecule has 0 amide bonds. The van der Waals surface area contributed by atoms with Crippen molar-refractivity contribution in [3.05, 3.63) is 63.1 Å². The molecule has 0 aliphatic carbocycles. The van der Waals surface area contributed by atoms with Crippen LogP contribution in [0.5, 0.6) is 5.75 Å². The first-order valence-electron chi connectivity index (χ1n) is 6.32. The van der Waals surface area contributed by atoms with Gasteiger partial charge in [0, 0.05) is 5.56 Å². The number of hydrogen-bond acceptors (Lipinski definition) is 2. The minimum absolute atomic E-state index is 0.375. The lowest BCUT2D eigenvalue weighted by Gasteiger charge is -2.14. The van der Waals surface area contributed by atoms with Crippen molar-refractivity contribution in [2.75, 3.05) is 0 Å². The number of benzene rings is 2. The van der Waals surface area contributed by atoms with Gasteiger partial charge >= 0.3 is 0 Å². The van der Waals surface area contributed by atoms with E-state index < -0.39 is 6.10 Å². The number of hydrogen-bond donors (Lipinski definition) is 1. The fourth-order valence-corrected chi connectivity index (χ4v) is 2.24. The van der Waals surface area contributed by atoms with Crippen molar-refractivity contribution in [3.8, 4) is 5.75 Å². The number of halogens is 2. The van der Waals surface area contributed by atoms with Crippen LogP contribution in [0.15, 0.2) is 36.4 Å². The van der Waals surface area contributed by atoms with Crippen LogP contribution in [0.3, 0.4) is 0 Å². The van der Waals surface area contributed by atoms with E-state index in [4.69, 9.17) is 27.9 Å². The predicted molar refractivity (Wildman–Crippen MR) is 82.6 cm³/mol. The molecule has 1 unspecified atom stereocenters. The zero-order valence-electron chi connectivity index (χ0n) is 11.4. The maximum Gasteiger partial charge on any atom is 0.125 e. The largest absolute Gasteiger partial charge is 0.489 e. The molecular formula is C16H16Cl2O2. The van der Waals surface area contributed by atoms with Gasteiger partial charge in [0.15, 0.2) is 0 Å². The molecule has 2 aromatic carbocycles. The molecule has 0 aromatic heterocycles. The molecule has 2 nitrogen and oxygen atoms in total. The molecule has 0 fully saturated rings. The maximum atomic E-state index is 9.79. The lowest BCUT2D eigenvalue weighted by atomic mass is 10.1. The standard InChI is InChI=1S/C16H16Cl2O2/c1-10-3-6-16(13(7-10)11(2)19)20-9-12-4-5-14(17)15(18)8-12/h3-8,11,19H,9H2,1-2H3.